The number of hydrogen-bond donors (Lipinski definition) is 1. The Balaban J connectivity index is 2.99. The molecule has 1 rings (SSSR count). The van der Waals surface area contributed by atoms with E-state index in [-0.39, 0.29) is 12.2 Å². The Labute approximate surface area is 105 Å². The van der Waals surface area contributed by atoms with Gasteiger partial charge >= 0.3 is 5.97 Å². The van der Waals surface area contributed by atoms with Crippen molar-refractivity contribution in [3.05, 3.63) is 30.1 Å². The summed E-state index contributed by atoms with van der Waals surface area (Å²) in [5.41, 5.74) is 0.197. The lowest BCUT2D eigenvalue weighted by Gasteiger charge is -2.22. The second-order valence-corrected chi connectivity index (χ2v) is 5.62. The van der Waals surface area contributed by atoms with Crippen molar-refractivity contribution in [2.45, 2.75) is 13.3 Å². The lowest BCUT2D eigenvalue weighted by Crippen LogP contribution is -2.33. The molecule has 1 aromatic rings. The van der Waals surface area contributed by atoms with Gasteiger partial charge < -0.3 is 5.11 Å². The van der Waals surface area contributed by atoms with Gasteiger partial charge in [-0.15, -0.1) is 0 Å². The molecule has 0 aromatic heterocycles. The SMILES string of the molecule is CCN(c1cccc(F)c1)S(=O)(=O)CCC(=O)O. The van der Waals surface area contributed by atoms with E-state index in [4.69, 9.17) is 5.11 Å². The standard InChI is InChI=1S/C11H14FNO4S/c1-2-13(10-5-3-4-9(12)8-10)18(16,17)7-6-11(14)15/h3-5,8H,2,6-7H2,1H3,(H,14,15). The summed E-state index contributed by atoms with van der Waals surface area (Å²) in [7, 11) is -3.75. The van der Waals surface area contributed by atoms with E-state index >= 15 is 0 Å². The number of nitrogens with zero attached hydrogens (tertiary/aromatic N) is 1. The van der Waals surface area contributed by atoms with E-state index in [1.54, 1.807) is 6.92 Å². The molecule has 0 heterocycles. The zero-order valence-electron chi connectivity index (χ0n) is 9.84. The van der Waals surface area contributed by atoms with Crippen LogP contribution in [-0.4, -0.2) is 31.8 Å². The third-order valence-electron chi connectivity index (χ3n) is 2.29. The largest absolute Gasteiger partial charge is 0.481 e. The fourth-order valence-electron chi connectivity index (χ4n) is 1.50. The number of sulfonamides is 1. The number of benzene rings is 1. The normalized spacial score (nSPS) is 11.2. The maximum absolute atomic E-state index is 13.1. The molecular weight excluding hydrogens is 261 g/mol. The highest BCUT2D eigenvalue weighted by Gasteiger charge is 2.22. The molecule has 0 spiro atoms. The first-order chi connectivity index (χ1) is 8.36. The van der Waals surface area contributed by atoms with Gasteiger partial charge in [0.2, 0.25) is 10.0 Å². The minimum absolute atomic E-state index is 0.116. The fourth-order valence-corrected chi connectivity index (χ4v) is 2.98. The van der Waals surface area contributed by atoms with Gasteiger partial charge in [0.1, 0.15) is 5.82 Å². The van der Waals surface area contributed by atoms with Crippen LogP contribution in [0.3, 0.4) is 0 Å². The number of rotatable bonds is 6. The zero-order chi connectivity index (χ0) is 13.8. The number of carboxylic acid groups (broad SMARTS) is 1. The van der Waals surface area contributed by atoms with Crippen LogP contribution in [0.25, 0.3) is 0 Å². The van der Waals surface area contributed by atoms with Gasteiger partial charge in [-0.2, -0.15) is 0 Å². The first-order valence-corrected chi connectivity index (χ1v) is 6.95. The van der Waals surface area contributed by atoms with Gasteiger partial charge in [0.25, 0.3) is 0 Å². The maximum Gasteiger partial charge on any atom is 0.304 e. The molecule has 0 aliphatic heterocycles. The van der Waals surface area contributed by atoms with Gasteiger partial charge in [0, 0.05) is 6.54 Å². The van der Waals surface area contributed by atoms with Gasteiger partial charge in [0.15, 0.2) is 0 Å². The highest BCUT2D eigenvalue weighted by Crippen LogP contribution is 2.19. The van der Waals surface area contributed by atoms with Crippen LogP contribution in [0.4, 0.5) is 10.1 Å². The predicted molar refractivity (Wildman–Crippen MR) is 65.5 cm³/mol. The van der Waals surface area contributed by atoms with Crippen LogP contribution < -0.4 is 4.31 Å². The van der Waals surface area contributed by atoms with Crippen LogP contribution in [0.5, 0.6) is 0 Å². The van der Waals surface area contributed by atoms with Crippen molar-refractivity contribution >= 4 is 21.7 Å². The van der Waals surface area contributed by atoms with Crippen molar-refractivity contribution in [3.8, 4) is 0 Å². The van der Waals surface area contributed by atoms with Crippen LogP contribution in [0.15, 0.2) is 24.3 Å². The second-order valence-electron chi connectivity index (χ2n) is 3.60. The van der Waals surface area contributed by atoms with Crippen molar-refractivity contribution in [2.24, 2.45) is 0 Å². The number of halogens is 1. The molecule has 0 saturated carbocycles. The lowest BCUT2D eigenvalue weighted by atomic mass is 10.3. The van der Waals surface area contributed by atoms with Gasteiger partial charge in [-0.05, 0) is 25.1 Å². The molecule has 0 saturated heterocycles. The van der Waals surface area contributed by atoms with Crippen LogP contribution in [0, 0.1) is 5.82 Å². The van der Waals surface area contributed by atoms with Gasteiger partial charge in [-0.3, -0.25) is 9.10 Å². The third-order valence-corrected chi connectivity index (χ3v) is 4.15. The smallest absolute Gasteiger partial charge is 0.304 e. The fraction of sp³-hybridized carbons (Fsp3) is 0.364. The summed E-state index contributed by atoms with van der Waals surface area (Å²) < 4.78 is 37.9. The van der Waals surface area contributed by atoms with E-state index < -0.39 is 34.0 Å². The minimum Gasteiger partial charge on any atom is -0.481 e. The molecule has 1 N–H and O–H groups in total. The molecule has 0 amide bonds. The Morgan fingerprint density at radius 3 is 2.61 bits per heavy atom. The third kappa shape index (κ3) is 3.69. The summed E-state index contributed by atoms with van der Waals surface area (Å²) in [5.74, 6) is -2.24. The van der Waals surface area contributed by atoms with Crippen LogP contribution in [0.1, 0.15) is 13.3 Å². The number of aliphatic carboxylic acids is 1. The van der Waals surface area contributed by atoms with E-state index in [0.717, 1.165) is 10.4 Å². The molecule has 0 aliphatic carbocycles. The number of hydrogen-bond acceptors (Lipinski definition) is 3. The molecule has 18 heavy (non-hydrogen) atoms. The Bertz CT molecular complexity index is 530. The Morgan fingerprint density at radius 2 is 2.11 bits per heavy atom. The highest BCUT2D eigenvalue weighted by molar-refractivity contribution is 7.92. The van der Waals surface area contributed by atoms with E-state index in [9.17, 15) is 17.6 Å². The maximum atomic E-state index is 13.1. The molecule has 0 atom stereocenters. The minimum atomic E-state index is -3.75. The number of carbonyl (C=O) groups is 1. The Morgan fingerprint density at radius 1 is 1.44 bits per heavy atom. The van der Waals surface area contributed by atoms with Gasteiger partial charge in [-0.25, -0.2) is 12.8 Å². The molecule has 0 unspecified atom stereocenters. The summed E-state index contributed by atoms with van der Waals surface area (Å²) in [4.78, 5) is 10.4. The summed E-state index contributed by atoms with van der Waals surface area (Å²) in [6.45, 7) is 1.72. The molecule has 0 bridgehead atoms. The molecule has 1 aromatic carbocycles. The molecule has 0 radical (unpaired) electrons. The van der Waals surface area contributed by atoms with Crippen molar-refractivity contribution < 1.29 is 22.7 Å². The summed E-state index contributed by atoms with van der Waals surface area (Å²) in [6, 6.07) is 5.17. The molecule has 0 fully saturated rings. The monoisotopic (exact) mass is 275 g/mol. The Hall–Kier alpha value is -1.63. The summed E-state index contributed by atoms with van der Waals surface area (Å²) in [5, 5.41) is 8.50. The molecule has 5 nitrogen and oxygen atoms in total. The van der Waals surface area contributed by atoms with E-state index in [1.165, 1.54) is 18.2 Å². The van der Waals surface area contributed by atoms with Crippen molar-refractivity contribution in [1.82, 2.24) is 0 Å². The first kappa shape index (κ1) is 14.4. The van der Waals surface area contributed by atoms with E-state index in [2.05, 4.69) is 0 Å². The number of anilines is 1. The number of carboxylic acids is 1. The molecular formula is C11H14FNO4S. The van der Waals surface area contributed by atoms with Crippen LogP contribution in [0.2, 0.25) is 0 Å². The average molecular weight is 275 g/mol. The Kier molecular flexibility index (Phi) is 4.66. The average Bonchev–Trinajstić information content (AvgIpc) is 2.27. The molecule has 100 valence electrons. The van der Waals surface area contributed by atoms with E-state index in [1.807, 2.05) is 0 Å². The van der Waals surface area contributed by atoms with Crippen molar-refractivity contribution in [1.29, 1.82) is 0 Å². The quantitative estimate of drug-likeness (QED) is 0.852. The van der Waals surface area contributed by atoms with Crippen LogP contribution >= 0.6 is 0 Å². The lowest BCUT2D eigenvalue weighted by molar-refractivity contribution is -0.136. The van der Waals surface area contributed by atoms with Gasteiger partial charge in [-0.1, -0.05) is 6.07 Å². The zero-order valence-corrected chi connectivity index (χ0v) is 10.7. The van der Waals surface area contributed by atoms with Crippen molar-refractivity contribution in [2.75, 3.05) is 16.6 Å². The van der Waals surface area contributed by atoms with Gasteiger partial charge in [0.05, 0.1) is 17.9 Å². The summed E-state index contributed by atoms with van der Waals surface area (Å²) >= 11 is 0. The predicted octanol–water partition coefficient (Wildman–Crippen LogP) is 1.46. The summed E-state index contributed by atoms with van der Waals surface area (Å²) in [6.07, 6.45) is -0.478. The topological polar surface area (TPSA) is 74.7 Å². The highest BCUT2D eigenvalue weighted by atomic mass is 32.2. The molecule has 0 aliphatic rings. The molecule has 7 heteroatoms. The van der Waals surface area contributed by atoms with Crippen molar-refractivity contribution in [3.63, 3.8) is 0 Å². The van der Waals surface area contributed by atoms with E-state index in [0.29, 0.717) is 0 Å². The van der Waals surface area contributed by atoms with Crippen LogP contribution in [-0.2, 0) is 14.8 Å². The first-order valence-electron chi connectivity index (χ1n) is 5.34. The second kappa shape index (κ2) is 5.81.